The summed E-state index contributed by atoms with van der Waals surface area (Å²) in [6.45, 7) is 1.31. The molecule has 77 valence electrons. The van der Waals surface area contributed by atoms with Gasteiger partial charge in [-0.1, -0.05) is 25.8 Å². The van der Waals surface area contributed by atoms with Crippen LogP contribution < -0.4 is 0 Å². The Balaban J connectivity index is 0.000000980. The summed E-state index contributed by atoms with van der Waals surface area (Å²) in [6.07, 6.45) is 5.03. The molecule has 14 heavy (non-hydrogen) atoms. The third-order valence-corrected chi connectivity index (χ3v) is 3.37. The number of rotatable bonds is 0. The fourth-order valence-electron chi connectivity index (χ4n) is 2.53. The molecule has 1 saturated heterocycles. The van der Waals surface area contributed by atoms with Crippen LogP contribution in [0.1, 0.15) is 25.7 Å². The van der Waals surface area contributed by atoms with Gasteiger partial charge < -0.3 is 10.2 Å². The summed E-state index contributed by atoms with van der Waals surface area (Å²) >= 11 is 0. The summed E-state index contributed by atoms with van der Waals surface area (Å²) in [5.74, 6) is 0.847. The van der Waals surface area contributed by atoms with Crippen LogP contribution in [0, 0.1) is 5.92 Å². The predicted molar refractivity (Wildman–Crippen MR) is 51.6 cm³/mol. The maximum Gasteiger partial charge on any atom is 0.201 e. The maximum atomic E-state index is 11.5. The van der Waals surface area contributed by atoms with Crippen LogP contribution in [0.15, 0.2) is 0 Å². The van der Waals surface area contributed by atoms with Crippen LogP contribution in [0.25, 0.3) is 5.32 Å². The van der Waals surface area contributed by atoms with Crippen LogP contribution in [0.4, 0.5) is 0 Å². The minimum Gasteiger partial charge on any atom is -0.654 e. The second-order valence-corrected chi connectivity index (χ2v) is 4.18. The predicted octanol–water partition coefficient (Wildman–Crippen LogP) is 1.39. The van der Waals surface area contributed by atoms with Gasteiger partial charge in [-0.2, -0.15) is 0 Å². The molecule has 2 aliphatic rings. The van der Waals surface area contributed by atoms with Gasteiger partial charge in [0, 0.05) is 45.8 Å². The topological polar surface area (TPSA) is 34.4 Å². The summed E-state index contributed by atoms with van der Waals surface area (Å²) in [6, 6.07) is 0.479. The third kappa shape index (κ3) is 2.56. The second kappa shape index (κ2) is 5.57. The first kappa shape index (κ1) is 12.6. The van der Waals surface area contributed by atoms with Crippen molar-refractivity contribution in [3.05, 3.63) is 5.32 Å². The molecular weight excluding hydrogens is 253 g/mol. The molecule has 1 aliphatic heterocycles. The van der Waals surface area contributed by atoms with E-state index in [1.54, 1.807) is 0 Å². The number of likely N-dealkylation sites (N-methyl/N-ethyl adjacent to an activating group) is 1. The number of hydrogen-bond acceptors (Lipinski definition) is 1. The molecule has 0 aromatic heterocycles. The van der Waals surface area contributed by atoms with Gasteiger partial charge in [-0.15, -0.1) is 6.54 Å². The number of amides is 1. The first-order chi connectivity index (χ1) is 6.29. The zero-order valence-electron chi connectivity index (χ0n) is 8.78. The standard InChI is InChI=1S/C10H17N2O.Y/c1-12-9-5-3-2-4-8(9)6-11-7-10(12)13;/h8-9H,2-7H2,1H3;/q-1;. The first-order valence-electron chi connectivity index (χ1n) is 5.18. The Morgan fingerprint density at radius 1 is 1.36 bits per heavy atom. The van der Waals surface area contributed by atoms with Gasteiger partial charge in [0.2, 0.25) is 5.91 Å². The van der Waals surface area contributed by atoms with Crippen LogP contribution in [-0.2, 0) is 37.5 Å². The smallest absolute Gasteiger partial charge is 0.201 e. The van der Waals surface area contributed by atoms with Crippen molar-refractivity contribution in [1.82, 2.24) is 4.90 Å². The Morgan fingerprint density at radius 3 is 2.86 bits per heavy atom. The van der Waals surface area contributed by atoms with Gasteiger partial charge in [0.15, 0.2) is 0 Å². The van der Waals surface area contributed by atoms with E-state index in [0.717, 1.165) is 6.54 Å². The van der Waals surface area contributed by atoms with E-state index in [4.69, 9.17) is 0 Å². The van der Waals surface area contributed by atoms with Crippen LogP contribution in [0.2, 0.25) is 0 Å². The van der Waals surface area contributed by atoms with Crippen molar-refractivity contribution >= 4 is 5.91 Å². The molecule has 1 radical (unpaired) electrons. The molecule has 2 rings (SSSR count). The number of carbonyl (C=O) groups is 1. The first-order valence-corrected chi connectivity index (χ1v) is 5.18. The van der Waals surface area contributed by atoms with E-state index in [-0.39, 0.29) is 38.6 Å². The fraction of sp³-hybridized carbons (Fsp3) is 0.900. The van der Waals surface area contributed by atoms with Crippen LogP contribution in [0.3, 0.4) is 0 Å². The summed E-state index contributed by atoms with van der Waals surface area (Å²) in [5.41, 5.74) is 0. The third-order valence-electron chi connectivity index (χ3n) is 3.37. The molecular formula is C10H17N2OY-. The van der Waals surface area contributed by atoms with E-state index in [2.05, 4.69) is 5.32 Å². The molecule has 3 nitrogen and oxygen atoms in total. The summed E-state index contributed by atoms with van der Waals surface area (Å²) in [5, 5.41) is 4.30. The van der Waals surface area contributed by atoms with E-state index >= 15 is 0 Å². The zero-order valence-corrected chi connectivity index (χ0v) is 11.6. The van der Waals surface area contributed by atoms with Crippen molar-refractivity contribution in [2.24, 2.45) is 5.92 Å². The molecule has 4 heteroatoms. The molecule has 2 fully saturated rings. The van der Waals surface area contributed by atoms with Crippen LogP contribution >= 0.6 is 0 Å². The molecule has 0 spiro atoms. The summed E-state index contributed by atoms with van der Waals surface area (Å²) < 4.78 is 0. The molecule has 1 aliphatic carbocycles. The van der Waals surface area contributed by atoms with Gasteiger partial charge in [-0.3, -0.25) is 4.79 Å². The van der Waals surface area contributed by atoms with Gasteiger partial charge >= 0.3 is 0 Å². The van der Waals surface area contributed by atoms with Crippen LogP contribution in [-0.4, -0.2) is 37.0 Å². The Labute approximate surface area is 111 Å². The van der Waals surface area contributed by atoms with Crippen molar-refractivity contribution in [1.29, 1.82) is 0 Å². The van der Waals surface area contributed by atoms with E-state index in [9.17, 15) is 4.79 Å². The quantitative estimate of drug-likeness (QED) is 0.655. The Bertz CT molecular complexity index is 210. The molecule has 0 bridgehead atoms. The average molecular weight is 270 g/mol. The molecule has 2 unspecified atom stereocenters. The minimum absolute atomic E-state index is 0. The summed E-state index contributed by atoms with van der Waals surface area (Å²) in [4.78, 5) is 13.4. The molecule has 2 atom stereocenters. The zero-order chi connectivity index (χ0) is 9.26. The number of hydrogen-bond donors (Lipinski definition) is 0. The minimum atomic E-state index is 0. The normalized spacial score (nSPS) is 32.9. The van der Waals surface area contributed by atoms with Crippen molar-refractivity contribution in [3.8, 4) is 0 Å². The van der Waals surface area contributed by atoms with Gasteiger partial charge in [0.1, 0.15) is 0 Å². The van der Waals surface area contributed by atoms with Crippen molar-refractivity contribution in [2.45, 2.75) is 31.7 Å². The van der Waals surface area contributed by atoms with E-state index in [1.807, 2.05) is 11.9 Å². The number of carbonyl (C=O) groups excluding carboxylic acids is 1. The largest absolute Gasteiger partial charge is 0.654 e. The average Bonchev–Trinajstić information content (AvgIpc) is 2.29. The SMILES string of the molecule is CN1C(=O)C[N-]CC2CCCCC21.[Y]. The maximum absolute atomic E-state index is 11.5. The Morgan fingerprint density at radius 2 is 2.07 bits per heavy atom. The monoisotopic (exact) mass is 270 g/mol. The second-order valence-electron chi connectivity index (χ2n) is 4.18. The van der Waals surface area contributed by atoms with Crippen molar-refractivity contribution < 1.29 is 37.5 Å². The van der Waals surface area contributed by atoms with E-state index < -0.39 is 0 Å². The molecule has 0 N–H and O–H groups in total. The number of fused-ring (bicyclic) bond motifs is 1. The van der Waals surface area contributed by atoms with E-state index in [1.165, 1.54) is 25.7 Å². The van der Waals surface area contributed by atoms with Crippen LogP contribution in [0.5, 0.6) is 0 Å². The van der Waals surface area contributed by atoms with Crippen molar-refractivity contribution in [3.63, 3.8) is 0 Å². The molecule has 0 aromatic rings. The molecule has 1 saturated carbocycles. The summed E-state index contributed by atoms with van der Waals surface area (Å²) in [7, 11) is 1.94. The van der Waals surface area contributed by atoms with Gasteiger partial charge in [-0.25, -0.2) is 0 Å². The Hall–Kier alpha value is 0.534. The van der Waals surface area contributed by atoms with Gasteiger partial charge in [-0.05, 0) is 12.3 Å². The Kier molecular flexibility index (Phi) is 5.02. The van der Waals surface area contributed by atoms with Gasteiger partial charge in [0.25, 0.3) is 0 Å². The molecule has 0 aromatic carbocycles. The fourth-order valence-corrected chi connectivity index (χ4v) is 2.53. The molecule has 1 heterocycles. The number of nitrogens with zero attached hydrogens (tertiary/aromatic N) is 2. The van der Waals surface area contributed by atoms with E-state index in [0.29, 0.717) is 18.5 Å². The molecule has 1 amide bonds. The van der Waals surface area contributed by atoms with Gasteiger partial charge in [0.05, 0.1) is 0 Å². The van der Waals surface area contributed by atoms with Crippen molar-refractivity contribution in [2.75, 3.05) is 20.1 Å².